The van der Waals surface area contributed by atoms with Gasteiger partial charge >= 0.3 is 11.9 Å². The van der Waals surface area contributed by atoms with Crippen LogP contribution in [0.3, 0.4) is 0 Å². The summed E-state index contributed by atoms with van der Waals surface area (Å²) in [5.41, 5.74) is 10.3. The number of methoxy groups -OCH3 is 1. The van der Waals surface area contributed by atoms with E-state index >= 15 is 0 Å². The second kappa shape index (κ2) is 6.95. The zero-order valence-electron chi connectivity index (χ0n) is 14.4. The van der Waals surface area contributed by atoms with E-state index in [1.165, 1.54) is 0 Å². The Morgan fingerprint density at radius 3 is 2.75 bits per heavy atom. The van der Waals surface area contributed by atoms with Gasteiger partial charge in [0.1, 0.15) is 12.4 Å². The zero-order chi connectivity index (χ0) is 18.0. The first-order valence-corrected chi connectivity index (χ1v) is 7.81. The van der Waals surface area contributed by atoms with Crippen LogP contribution in [0, 0.1) is 12.8 Å². The maximum atomic E-state index is 11.9. The Morgan fingerprint density at radius 1 is 1.50 bits per heavy atom. The number of nitrogens with two attached hydrogens (primary N) is 1. The quantitative estimate of drug-likeness (QED) is 0.472. The fraction of sp³-hybridized carbons (Fsp3) is 0.444. The van der Waals surface area contributed by atoms with Gasteiger partial charge in [-0.3, -0.25) is 4.79 Å². The van der Waals surface area contributed by atoms with Crippen LogP contribution in [0.2, 0.25) is 0 Å². The summed E-state index contributed by atoms with van der Waals surface area (Å²) in [4.78, 5) is 22.8. The first-order valence-electron chi connectivity index (χ1n) is 7.81. The Kier molecular flexibility index (Phi) is 5.17. The Morgan fingerprint density at radius 2 is 2.17 bits per heavy atom. The highest BCUT2D eigenvalue weighted by molar-refractivity contribution is 6.00. The van der Waals surface area contributed by atoms with Crippen LogP contribution in [0.15, 0.2) is 11.6 Å². The predicted molar refractivity (Wildman–Crippen MR) is 90.1 cm³/mol. The van der Waals surface area contributed by atoms with Gasteiger partial charge in [-0.15, -0.1) is 0 Å². The third-order valence-corrected chi connectivity index (χ3v) is 4.61. The molecule has 0 saturated carbocycles. The van der Waals surface area contributed by atoms with E-state index in [0.717, 1.165) is 22.3 Å². The van der Waals surface area contributed by atoms with E-state index in [1.54, 1.807) is 7.11 Å². The number of carbonyl (C=O) groups is 2. The smallest absolute Gasteiger partial charge is 0.341 e. The van der Waals surface area contributed by atoms with Crippen LogP contribution >= 0.6 is 0 Å². The molecule has 0 aliphatic carbocycles. The average molecular weight is 333 g/mol. The molecule has 2 rings (SSSR count). The minimum Gasteiger partial charge on any atom is -0.496 e. The maximum Gasteiger partial charge on any atom is 0.341 e. The molecule has 0 bridgehead atoms. The topological polar surface area (TPSA) is 98.9 Å². The second-order valence-corrected chi connectivity index (χ2v) is 6.13. The van der Waals surface area contributed by atoms with Crippen LogP contribution in [0.1, 0.15) is 47.3 Å². The largest absolute Gasteiger partial charge is 0.496 e. The van der Waals surface area contributed by atoms with Gasteiger partial charge in [0.25, 0.3) is 0 Å². The van der Waals surface area contributed by atoms with Crippen LogP contribution in [0.4, 0.5) is 5.69 Å². The van der Waals surface area contributed by atoms with Gasteiger partial charge in [-0.2, -0.15) is 0 Å². The molecule has 0 amide bonds. The van der Waals surface area contributed by atoms with Crippen molar-refractivity contribution in [3.63, 3.8) is 0 Å². The molecule has 6 nitrogen and oxygen atoms in total. The van der Waals surface area contributed by atoms with Crippen molar-refractivity contribution in [3.8, 4) is 5.75 Å². The van der Waals surface area contributed by atoms with Crippen molar-refractivity contribution in [2.45, 2.75) is 40.2 Å². The number of fused-ring (bicyclic) bond motifs is 1. The molecular formula is C18H23NO5. The van der Waals surface area contributed by atoms with E-state index in [9.17, 15) is 9.59 Å². The highest BCUT2D eigenvalue weighted by Gasteiger charge is 2.30. The molecule has 1 aliphatic heterocycles. The molecule has 130 valence electrons. The molecule has 1 aromatic carbocycles. The lowest BCUT2D eigenvalue weighted by Crippen LogP contribution is -2.09. The van der Waals surface area contributed by atoms with Crippen molar-refractivity contribution in [2.75, 3.05) is 12.8 Å². The minimum atomic E-state index is -0.830. The number of carbonyl (C=O) groups excluding carboxylic acids is 1. The molecule has 24 heavy (non-hydrogen) atoms. The van der Waals surface area contributed by atoms with Crippen molar-refractivity contribution >= 4 is 17.6 Å². The molecule has 1 aliphatic rings. The van der Waals surface area contributed by atoms with E-state index in [2.05, 4.69) is 0 Å². The van der Waals surface area contributed by atoms with Gasteiger partial charge in [0.2, 0.25) is 0 Å². The molecule has 1 aromatic rings. The van der Waals surface area contributed by atoms with Gasteiger partial charge in [0.15, 0.2) is 0 Å². The first-order chi connectivity index (χ1) is 11.3. The number of esters is 1. The Bertz CT molecular complexity index is 721. The van der Waals surface area contributed by atoms with E-state index in [4.69, 9.17) is 20.3 Å². The fourth-order valence-electron chi connectivity index (χ4n) is 2.98. The summed E-state index contributed by atoms with van der Waals surface area (Å²) < 4.78 is 10.6. The van der Waals surface area contributed by atoms with Crippen molar-refractivity contribution in [1.82, 2.24) is 0 Å². The number of nitrogen functional groups attached to an aromatic ring is 1. The normalized spacial score (nSPS) is 15.0. The molecule has 3 N–H and O–H groups in total. The Hall–Kier alpha value is -2.50. The van der Waals surface area contributed by atoms with Gasteiger partial charge in [-0.1, -0.05) is 18.6 Å². The molecule has 1 heterocycles. The number of rotatable bonds is 6. The van der Waals surface area contributed by atoms with Crippen LogP contribution < -0.4 is 10.5 Å². The maximum absolute atomic E-state index is 11.9. The summed E-state index contributed by atoms with van der Waals surface area (Å²) in [5, 5.41) is 8.90. The molecule has 0 aromatic heterocycles. The van der Waals surface area contributed by atoms with Gasteiger partial charge in [0.05, 0.1) is 24.8 Å². The number of anilines is 1. The highest BCUT2D eigenvalue weighted by atomic mass is 16.5. The highest BCUT2D eigenvalue weighted by Crippen LogP contribution is 2.39. The number of aliphatic carboxylic acids is 1. The Labute approximate surface area is 141 Å². The number of hydrogen-bond acceptors (Lipinski definition) is 5. The third-order valence-electron chi connectivity index (χ3n) is 4.61. The molecule has 1 atom stereocenters. The van der Waals surface area contributed by atoms with Crippen molar-refractivity contribution in [3.05, 3.63) is 33.9 Å². The molecule has 1 unspecified atom stereocenters. The summed E-state index contributed by atoms with van der Waals surface area (Å²) >= 11 is 0. The van der Waals surface area contributed by atoms with Crippen molar-refractivity contribution in [2.24, 2.45) is 5.92 Å². The van der Waals surface area contributed by atoms with E-state index < -0.39 is 11.9 Å². The predicted octanol–water partition coefficient (Wildman–Crippen LogP) is 2.86. The fourth-order valence-corrected chi connectivity index (χ4v) is 2.98. The number of benzene rings is 1. The summed E-state index contributed by atoms with van der Waals surface area (Å²) in [6, 6.07) is 0. The van der Waals surface area contributed by atoms with Crippen LogP contribution in [0.5, 0.6) is 5.75 Å². The summed E-state index contributed by atoms with van der Waals surface area (Å²) in [7, 11) is 1.57. The molecule has 6 heteroatoms. The molecular weight excluding hydrogens is 310 g/mol. The molecule has 0 saturated heterocycles. The molecule has 0 fully saturated rings. The van der Waals surface area contributed by atoms with E-state index in [0.29, 0.717) is 23.4 Å². The summed E-state index contributed by atoms with van der Waals surface area (Å²) in [5.74, 6) is -0.660. The minimum absolute atomic E-state index is 0.0739. The number of carboxylic acid groups (broad SMARTS) is 1. The van der Waals surface area contributed by atoms with Crippen LogP contribution in [-0.2, 0) is 22.6 Å². The van der Waals surface area contributed by atoms with Gasteiger partial charge < -0.3 is 20.3 Å². The summed E-state index contributed by atoms with van der Waals surface area (Å²) in [6.45, 7) is 5.86. The number of cyclic esters (lactones) is 1. The lowest BCUT2D eigenvalue weighted by molar-refractivity contribution is -0.137. The Balaban J connectivity index is 2.40. The number of carboxylic acids is 1. The van der Waals surface area contributed by atoms with Crippen LogP contribution in [0.25, 0.3) is 0 Å². The standard InChI is InChI=1S/C18H23NO5/c1-9(10(2)7-14(20)21)5-6-12-16(19)15-13(8-24-18(15)22)11(3)17(12)23-4/h5,10H,6-8,19H2,1-4H3,(H,20,21)/b9-5+. The van der Waals surface area contributed by atoms with Gasteiger partial charge in [-0.05, 0) is 31.7 Å². The molecule has 0 spiro atoms. The van der Waals surface area contributed by atoms with Crippen LogP contribution in [-0.4, -0.2) is 24.2 Å². The second-order valence-electron chi connectivity index (χ2n) is 6.13. The zero-order valence-corrected chi connectivity index (χ0v) is 14.4. The number of ether oxygens (including phenoxy) is 2. The van der Waals surface area contributed by atoms with Crippen molar-refractivity contribution in [1.29, 1.82) is 0 Å². The van der Waals surface area contributed by atoms with Gasteiger partial charge in [0, 0.05) is 11.1 Å². The number of allylic oxidation sites excluding steroid dienone is 2. The average Bonchev–Trinajstić information content (AvgIpc) is 2.90. The summed E-state index contributed by atoms with van der Waals surface area (Å²) in [6.07, 6.45) is 2.48. The van der Waals surface area contributed by atoms with Crippen molar-refractivity contribution < 1.29 is 24.2 Å². The van der Waals surface area contributed by atoms with E-state index in [-0.39, 0.29) is 18.9 Å². The lowest BCUT2D eigenvalue weighted by atomic mass is 9.92. The third kappa shape index (κ3) is 3.22. The SMILES string of the molecule is COc1c(C)c2c(c(N)c1C/C=C(\C)C(C)CC(=O)O)C(=O)OC2. The number of hydrogen-bond donors (Lipinski definition) is 2. The lowest BCUT2D eigenvalue weighted by Gasteiger charge is -2.17. The van der Waals surface area contributed by atoms with E-state index in [1.807, 2.05) is 26.8 Å². The monoisotopic (exact) mass is 333 g/mol. The molecule has 0 radical (unpaired) electrons. The van der Waals surface area contributed by atoms with Gasteiger partial charge in [-0.25, -0.2) is 4.79 Å². The first kappa shape index (κ1) is 17.8.